The van der Waals surface area contributed by atoms with E-state index in [4.69, 9.17) is 4.74 Å². The Bertz CT molecular complexity index is 825. The van der Waals surface area contributed by atoms with E-state index in [0.29, 0.717) is 5.56 Å². The van der Waals surface area contributed by atoms with E-state index in [1.165, 1.54) is 19.0 Å². The molecule has 10 heteroatoms. The second kappa shape index (κ2) is 9.50. The average molecular weight is 504 g/mol. The predicted molar refractivity (Wildman–Crippen MR) is 115 cm³/mol. The van der Waals surface area contributed by atoms with Crippen LogP contribution in [0.25, 0.3) is 0 Å². The van der Waals surface area contributed by atoms with Crippen LogP contribution < -0.4 is 5.32 Å². The average Bonchev–Trinajstić information content (AvgIpc) is 3.00. The van der Waals surface area contributed by atoms with Gasteiger partial charge in [0.25, 0.3) is 5.92 Å². The lowest BCUT2D eigenvalue weighted by atomic mass is 9.89. The zero-order chi connectivity index (χ0) is 23.6. The summed E-state index contributed by atoms with van der Waals surface area (Å²) in [5.41, 5.74) is -0.390. The highest BCUT2D eigenvalue weighted by Crippen LogP contribution is 2.30. The summed E-state index contributed by atoms with van der Waals surface area (Å²) in [5, 5.41) is 2.47. The largest absolute Gasteiger partial charge is 0.444 e. The van der Waals surface area contributed by atoms with Crippen molar-refractivity contribution in [1.29, 1.82) is 0 Å². The lowest BCUT2D eigenvalue weighted by Gasteiger charge is -2.32. The highest BCUT2D eigenvalue weighted by Gasteiger charge is 2.46. The first kappa shape index (κ1) is 25.0. The smallest absolute Gasteiger partial charge is 0.408 e. The number of carbonyl (C=O) groups is 3. The van der Waals surface area contributed by atoms with Gasteiger partial charge in [-0.25, -0.2) is 13.6 Å². The number of alkyl carbamates (subject to hydrolysis) is 1. The van der Waals surface area contributed by atoms with Crippen LogP contribution in [0.4, 0.5) is 13.6 Å². The summed E-state index contributed by atoms with van der Waals surface area (Å²) in [5.74, 6) is -5.35. The second-order valence-corrected chi connectivity index (χ2v) is 9.67. The Morgan fingerprint density at radius 2 is 1.77 bits per heavy atom. The third-order valence-corrected chi connectivity index (χ3v) is 5.22. The van der Waals surface area contributed by atoms with E-state index in [1.54, 1.807) is 45.0 Å². The predicted octanol–water partition coefficient (Wildman–Crippen LogP) is 3.38. The summed E-state index contributed by atoms with van der Waals surface area (Å²) in [7, 11) is 3.04. The molecule has 1 saturated heterocycles. The maximum absolute atomic E-state index is 13.8. The third kappa shape index (κ3) is 6.88. The van der Waals surface area contributed by atoms with Gasteiger partial charge in [0.2, 0.25) is 11.8 Å². The standard InChI is InChI=1S/C21H28BrF2N3O4/c1-20(2,3)31-19(30)25-16(18(29)27-11-10-21(23,24)12-27)15(17(28)26(4)5)13-6-8-14(22)9-7-13/h6-9,15-16H,10-12H2,1-5H3,(H,25,30). The number of nitrogens with one attached hydrogen (secondary N) is 1. The first-order valence-corrected chi connectivity index (χ1v) is 10.6. The van der Waals surface area contributed by atoms with Gasteiger partial charge in [-0.1, -0.05) is 28.1 Å². The summed E-state index contributed by atoms with van der Waals surface area (Å²) < 4.78 is 33.6. The zero-order valence-electron chi connectivity index (χ0n) is 18.2. The van der Waals surface area contributed by atoms with Crippen LogP contribution >= 0.6 is 15.9 Å². The molecule has 0 aromatic heterocycles. The van der Waals surface area contributed by atoms with Crippen LogP contribution in [0.1, 0.15) is 38.7 Å². The number of halogens is 3. The molecule has 1 heterocycles. The van der Waals surface area contributed by atoms with Crippen molar-refractivity contribution in [3.8, 4) is 0 Å². The van der Waals surface area contributed by atoms with Crippen molar-refractivity contribution in [3.63, 3.8) is 0 Å². The van der Waals surface area contributed by atoms with E-state index < -0.39 is 54.4 Å². The summed E-state index contributed by atoms with van der Waals surface area (Å²) in [6, 6.07) is 5.27. The maximum Gasteiger partial charge on any atom is 0.408 e. The van der Waals surface area contributed by atoms with Gasteiger partial charge in [0.1, 0.15) is 11.6 Å². The molecule has 0 aliphatic carbocycles. The van der Waals surface area contributed by atoms with Gasteiger partial charge >= 0.3 is 6.09 Å². The fourth-order valence-corrected chi connectivity index (χ4v) is 3.53. The number of benzene rings is 1. The van der Waals surface area contributed by atoms with E-state index in [-0.39, 0.29) is 6.54 Å². The van der Waals surface area contributed by atoms with E-state index in [0.717, 1.165) is 9.37 Å². The Balaban J connectivity index is 2.47. The molecule has 1 fully saturated rings. The Morgan fingerprint density at radius 3 is 2.23 bits per heavy atom. The molecular weight excluding hydrogens is 476 g/mol. The molecule has 0 saturated carbocycles. The van der Waals surface area contributed by atoms with Crippen LogP contribution in [0.5, 0.6) is 0 Å². The van der Waals surface area contributed by atoms with Gasteiger partial charge in [0, 0.05) is 31.5 Å². The Morgan fingerprint density at radius 1 is 1.19 bits per heavy atom. The molecular formula is C21H28BrF2N3O4. The van der Waals surface area contributed by atoms with Crippen molar-refractivity contribution in [1.82, 2.24) is 15.1 Å². The van der Waals surface area contributed by atoms with Crippen LogP contribution in [0, 0.1) is 0 Å². The lowest BCUT2D eigenvalue weighted by molar-refractivity contribution is -0.139. The number of likely N-dealkylation sites (tertiary alicyclic amines) is 1. The van der Waals surface area contributed by atoms with Crippen LogP contribution in [0.2, 0.25) is 0 Å². The van der Waals surface area contributed by atoms with Gasteiger partial charge < -0.3 is 19.9 Å². The van der Waals surface area contributed by atoms with Crippen LogP contribution in [-0.4, -0.2) is 72.5 Å². The molecule has 2 rings (SSSR count). The molecule has 1 aromatic carbocycles. The second-order valence-electron chi connectivity index (χ2n) is 8.75. The molecule has 31 heavy (non-hydrogen) atoms. The molecule has 1 N–H and O–H groups in total. The van der Waals surface area contributed by atoms with Crippen LogP contribution in [0.3, 0.4) is 0 Å². The molecule has 2 unspecified atom stereocenters. The van der Waals surface area contributed by atoms with Crippen molar-refractivity contribution in [3.05, 3.63) is 34.3 Å². The molecule has 1 aliphatic rings. The third-order valence-electron chi connectivity index (χ3n) is 4.69. The number of hydrogen-bond donors (Lipinski definition) is 1. The quantitative estimate of drug-likeness (QED) is 0.667. The normalized spacial score (nSPS) is 17.6. The monoisotopic (exact) mass is 503 g/mol. The molecule has 172 valence electrons. The summed E-state index contributed by atoms with van der Waals surface area (Å²) >= 11 is 3.32. The van der Waals surface area contributed by atoms with E-state index >= 15 is 0 Å². The first-order valence-electron chi connectivity index (χ1n) is 9.83. The fourth-order valence-electron chi connectivity index (χ4n) is 3.27. The summed E-state index contributed by atoms with van der Waals surface area (Å²) in [4.78, 5) is 41.2. The minimum absolute atomic E-state index is 0.165. The minimum atomic E-state index is -3.01. The van der Waals surface area contributed by atoms with Gasteiger partial charge in [0.15, 0.2) is 0 Å². The molecule has 1 aliphatic heterocycles. The molecule has 0 spiro atoms. The van der Waals surface area contributed by atoms with Gasteiger partial charge in [0.05, 0.1) is 12.5 Å². The molecule has 7 nitrogen and oxygen atoms in total. The number of ether oxygens (including phenoxy) is 1. The number of nitrogens with zero attached hydrogens (tertiary/aromatic N) is 2. The van der Waals surface area contributed by atoms with E-state index in [9.17, 15) is 23.2 Å². The van der Waals surface area contributed by atoms with Gasteiger partial charge in [-0.15, -0.1) is 0 Å². The Kier molecular flexibility index (Phi) is 7.67. The number of hydrogen-bond acceptors (Lipinski definition) is 4. The van der Waals surface area contributed by atoms with Crippen LogP contribution in [-0.2, 0) is 14.3 Å². The number of likely N-dealkylation sites (N-methyl/N-ethyl adjacent to an activating group) is 1. The zero-order valence-corrected chi connectivity index (χ0v) is 19.8. The van der Waals surface area contributed by atoms with Gasteiger partial charge in [-0.05, 0) is 38.5 Å². The summed E-state index contributed by atoms with van der Waals surface area (Å²) in [6.07, 6.45) is -1.38. The molecule has 1 aromatic rings. The molecule has 2 atom stereocenters. The van der Waals surface area contributed by atoms with Crippen LogP contribution in [0.15, 0.2) is 28.7 Å². The highest BCUT2D eigenvalue weighted by atomic mass is 79.9. The molecule has 0 radical (unpaired) electrons. The Labute approximate surface area is 189 Å². The van der Waals surface area contributed by atoms with Crippen molar-refractivity contribution in [2.75, 3.05) is 27.2 Å². The fraction of sp³-hybridized carbons (Fsp3) is 0.571. The minimum Gasteiger partial charge on any atom is -0.444 e. The number of carbonyl (C=O) groups excluding carboxylic acids is 3. The Hall–Kier alpha value is -2.23. The maximum atomic E-state index is 13.8. The van der Waals surface area contributed by atoms with E-state index in [1.807, 2.05) is 0 Å². The van der Waals surface area contributed by atoms with Crippen molar-refractivity contribution < 1.29 is 27.9 Å². The molecule has 0 bridgehead atoms. The van der Waals surface area contributed by atoms with Gasteiger partial charge in [-0.2, -0.15) is 0 Å². The number of rotatable bonds is 5. The SMILES string of the molecule is CN(C)C(=O)C(c1ccc(Br)cc1)C(NC(=O)OC(C)(C)C)C(=O)N1CCC(F)(F)C1. The van der Waals surface area contributed by atoms with E-state index in [2.05, 4.69) is 21.2 Å². The number of alkyl halides is 2. The van der Waals surface area contributed by atoms with Crippen molar-refractivity contribution in [2.24, 2.45) is 0 Å². The molecule has 3 amide bonds. The number of amides is 3. The topological polar surface area (TPSA) is 79.0 Å². The summed E-state index contributed by atoms with van der Waals surface area (Å²) in [6.45, 7) is 4.04. The van der Waals surface area contributed by atoms with Gasteiger partial charge in [-0.3, -0.25) is 9.59 Å². The van der Waals surface area contributed by atoms with Crippen molar-refractivity contribution in [2.45, 2.75) is 50.7 Å². The lowest BCUT2D eigenvalue weighted by Crippen LogP contribution is -2.55. The highest BCUT2D eigenvalue weighted by molar-refractivity contribution is 9.10. The van der Waals surface area contributed by atoms with Crippen molar-refractivity contribution >= 4 is 33.8 Å². The first-order chi connectivity index (χ1) is 14.2.